The Bertz CT molecular complexity index is 340. The number of ether oxygens (including phenoxy) is 1. The standard InChI is InChI=1S/C13H23NO5/c1-4-6-7-8-13(16,9-12(15)19-5-2)11(3)10-14(17)18/h10,16H,4-9H2,1-3H3/b11-10+. The van der Waals surface area contributed by atoms with Gasteiger partial charge in [-0.1, -0.05) is 26.2 Å². The van der Waals surface area contributed by atoms with Crippen molar-refractivity contribution in [3.63, 3.8) is 0 Å². The van der Waals surface area contributed by atoms with E-state index in [-0.39, 0.29) is 18.6 Å². The first-order valence-electron chi connectivity index (χ1n) is 6.56. The lowest BCUT2D eigenvalue weighted by molar-refractivity contribution is -0.404. The third-order valence-corrected chi connectivity index (χ3v) is 2.97. The molecule has 0 aliphatic rings. The lowest BCUT2D eigenvalue weighted by Crippen LogP contribution is -2.34. The average Bonchev–Trinajstić information content (AvgIpc) is 2.28. The molecule has 110 valence electrons. The topological polar surface area (TPSA) is 89.7 Å². The summed E-state index contributed by atoms with van der Waals surface area (Å²) in [5.74, 6) is -0.544. The number of hydrogen-bond donors (Lipinski definition) is 1. The van der Waals surface area contributed by atoms with Gasteiger partial charge in [-0.2, -0.15) is 0 Å². The fourth-order valence-corrected chi connectivity index (χ4v) is 1.82. The van der Waals surface area contributed by atoms with Crippen LogP contribution in [0.5, 0.6) is 0 Å². The largest absolute Gasteiger partial charge is 0.466 e. The zero-order chi connectivity index (χ0) is 14.9. The van der Waals surface area contributed by atoms with Crippen LogP contribution < -0.4 is 0 Å². The number of esters is 1. The van der Waals surface area contributed by atoms with Crippen LogP contribution in [0.4, 0.5) is 0 Å². The predicted octanol–water partition coefficient (Wildman–Crippen LogP) is 2.43. The molecule has 0 rings (SSSR count). The second-order valence-corrected chi connectivity index (χ2v) is 4.57. The van der Waals surface area contributed by atoms with Gasteiger partial charge < -0.3 is 9.84 Å². The molecule has 6 nitrogen and oxygen atoms in total. The third-order valence-electron chi connectivity index (χ3n) is 2.97. The van der Waals surface area contributed by atoms with E-state index in [1.807, 2.05) is 6.92 Å². The fraction of sp³-hybridized carbons (Fsp3) is 0.769. The summed E-state index contributed by atoms with van der Waals surface area (Å²) in [6.07, 6.45) is 3.39. The molecule has 0 radical (unpaired) electrons. The Morgan fingerprint density at radius 3 is 2.53 bits per heavy atom. The Kier molecular flexibility index (Phi) is 7.98. The molecule has 0 aliphatic heterocycles. The van der Waals surface area contributed by atoms with Crippen molar-refractivity contribution >= 4 is 5.97 Å². The van der Waals surface area contributed by atoms with Gasteiger partial charge in [0.15, 0.2) is 0 Å². The fourth-order valence-electron chi connectivity index (χ4n) is 1.82. The molecule has 0 bridgehead atoms. The highest BCUT2D eigenvalue weighted by Crippen LogP contribution is 2.28. The van der Waals surface area contributed by atoms with Gasteiger partial charge in [-0.15, -0.1) is 0 Å². The van der Waals surface area contributed by atoms with Crippen molar-refractivity contribution in [3.8, 4) is 0 Å². The van der Waals surface area contributed by atoms with Crippen molar-refractivity contribution in [2.24, 2.45) is 0 Å². The van der Waals surface area contributed by atoms with Gasteiger partial charge >= 0.3 is 5.97 Å². The average molecular weight is 273 g/mol. The summed E-state index contributed by atoms with van der Waals surface area (Å²) in [4.78, 5) is 21.4. The molecular formula is C13H23NO5. The Hall–Kier alpha value is -1.43. The maximum Gasteiger partial charge on any atom is 0.309 e. The maximum atomic E-state index is 11.5. The van der Waals surface area contributed by atoms with Gasteiger partial charge in [0.2, 0.25) is 6.20 Å². The van der Waals surface area contributed by atoms with E-state index in [1.54, 1.807) is 6.92 Å². The number of nitro groups is 1. The smallest absolute Gasteiger partial charge is 0.309 e. The van der Waals surface area contributed by atoms with Crippen molar-refractivity contribution in [3.05, 3.63) is 21.9 Å². The van der Waals surface area contributed by atoms with E-state index in [0.29, 0.717) is 12.8 Å². The summed E-state index contributed by atoms with van der Waals surface area (Å²) < 4.78 is 4.80. The number of carbonyl (C=O) groups excluding carboxylic acids is 1. The van der Waals surface area contributed by atoms with Gasteiger partial charge in [-0.05, 0) is 20.3 Å². The van der Waals surface area contributed by atoms with E-state index in [0.717, 1.165) is 19.0 Å². The Morgan fingerprint density at radius 2 is 2.05 bits per heavy atom. The summed E-state index contributed by atoms with van der Waals surface area (Å²) in [6.45, 7) is 5.38. The van der Waals surface area contributed by atoms with Crippen LogP contribution in [-0.4, -0.2) is 28.2 Å². The minimum atomic E-state index is -1.49. The highest BCUT2D eigenvalue weighted by molar-refractivity contribution is 5.71. The first kappa shape index (κ1) is 17.6. The van der Waals surface area contributed by atoms with Crippen LogP contribution in [-0.2, 0) is 9.53 Å². The van der Waals surface area contributed by atoms with E-state index in [1.165, 1.54) is 6.92 Å². The SMILES string of the molecule is CCCCCC(O)(CC(=O)OCC)/C(C)=C/[N+](=O)[O-]. The summed E-state index contributed by atoms with van der Waals surface area (Å²) in [7, 11) is 0. The van der Waals surface area contributed by atoms with Crippen molar-refractivity contribution in [2.75, 3.05) is 6.61 Å². The van der Waals surface area contributed by atoms with Crippen LogP contribution in [0.2, 0.25) is 0 Å². The van der Waals surface area contributed by atoms with Gasteiger partial charge in [0.05, 0.1) is 18.0 Å². The highest BCUT2D eigenvalue weighted by Gasteiger charge is 2.34. The van der Waals surface area contributed by atoms with E-state index >= 15 is 0 Å². The van der Waals surface area contributed by atoms with E-state index < -0.39 is 16.5 Å². The summed E-state index contributed by atoms with van der Waals surface area (Å²) >= 11 is 0. The Morgan fingerprint density at radius 1 is 1.42 bits per heavy atom. The normalized spacial score (nSPS) is 14.8. The van der Waals surface area contributed by atoms with Crippen LogP contribution in [0.3, 0.4) is 0 Å². The molecule has 1 atom stereocenters. The van der Waals surface area contributed by atoms with Gasteiger partial charge in [0.1, 0.15) is 5.60 Å². The van der Waals surface area contributed by atoms with Crippen LogP contribution in [0.25, 0.3) is 0 Å². The first-order valence-corrected chi connectivity index (χ1v) is 6.56. The monoisotopic (exact) mass is 273 g/mol. The molecule has 0 saturated heterocycles. The lowest BCUT2D eigenvalue weighted by atomic mass is 9.86. The number of unbranched alkanes of at least 4 members (excludes halogenated alkanes) is 2. The van der Waals surface area contributed by atoms with E-state index in [4.69, 9.17) is 4.74 Å². The summed E-state index contributed by atoms with van der Waals surface area (Å²) in [5.41, 5.74) is -1.31. The van der Waals surface area contributed by atoms with Crippen molar-refractivity contribution < 1.29 is 19.6 Å². The van der Waals surface area contributed by atoms with Gasteiger partial charge in [-0.25, -0.2) is 0 Å². The molecule has 0 saturated carbocycles. The number of rotatable bonds is 9. The zero-order valence-electron chi connectivity index (χ0n) is 11.8. The van der Waals surface area contributed by atoms with Crippen LogP contribution in [0.15, 0.2) is 11.8 Å². The molecular weight excluding hydrogens is 250 g/mol. The quantitative estimate of drug-likeness (QED) is 0.301. The Balaban J connectivity index is 4.89. The second-order valence-electron chi connectivity index (χ2n) is 4.57. The lowest BCUT2D eigenvalue weighted by Gasteiger charge is -2.27. The minimum Gasteiger partial charge on any atom is -0.466 e. The van der Waals surface area contributed by atoms with E-state index in [9.17, 15) is 20.0 Å². The van der Waals surface area contributed by atoms with Crippen molar-refractivity contribution in [1.29, 1.82) is 0 Å². The molecule has 6 heteroatoms. The van der Waals surface area contributed by atoms with E-state index in [2.05, 4.69) is 0 Å². The third kappa shape index (κ3) is 6.91. The molecule has 0 aromatic heterocycles. The summed E-state index contributed by atoms with van der Waals surface area (Å²) in [6, 6.07) is 0. The molecule has 0 aromatic carbocycles. The number of nitrogens with zero attached hydrogens (tertiary/aromatic N) is 1. The van der Waals surface area contributed by atoms with Gasteiger partial charge in [0.25, 0.3) is 0 Å². The number of carbonyl (C=O) groups is 1. The predicted molar refractivity (Wildman–Crippen MR) is 71.1 cm³/mol. The van der Waals surface area contributed by atoms with Crippen LogP contribution in [0, 0.1) is 10.1 Å². The Labute approximate surface area is 113 Å². The van der Waals surface area contributed by atoms with Gasteiger partial charge in [-0.3, -0.25) is 14.9 Å². The first-order chi connectivity index (χ1) is 8.85. The molecule has 0 fully saturated rings. The summed E-state index contributed by atoms with van der Waals surface area (Å²) in [5, 5.41) is 21.0. The van der Waals surface area contributed by atoms with Crippen molar-refractivity contribution in [2.45, 2.75) is 58.5 Å². The number of hydrogen-bond acceptors (Lipinski definition) is 5. The molecule has 0 spiro atoms. The van der Waals surface area contributed by atoms with Crippen LogP contribution in [0.1, 0.15) is 52.9 Å². The molecule has 1 unspecified atom stereocenters. The molecule has 0 aliphatic carbocycles. The highest BCUT2D eigenvalue weighted by atomic mass is 16.6. The second kappa shape index (κ2) is 8.63. The maximum absolute atomic E-state index is 11.5. The van der Waals surface area contributed by atoms with Crippen molar-refractivity contribution in [1.82, 2.24) is 0 Å². The van der Waals surface area contributed by atoms with Gasteiger partial charge in [0, 0.05) is 5.57 Å². The minimum absolute atomic E-state index is 0.182. The molecule has 1 N–H and O–H groups in total. The molecule has 0 amide bonds. The molecule has 0 heterocycles. The van der Waals surface area contributed by atoms with Crippen LogP contribution >= 0.6 is 0 Å². The molecule has 19 heavy (non-hydrogen) atoms. The molecule has 0 aromatic rings. The zero-order valence-corrected chi connectivity index (χ0v) is 11.8. The number of aliphatic hydroxyl groups is 1.